The number of fused-ring (bicyclic) bond motifs is 7. The molecule has 1 aliphatic heterocycles. The highest BCUT2D eigenvalue weighted by atomic mass is 16.3. The normalized spacial score (nSPS) is 15.4. The lowest BCUT2D eigenvalue weighted by Crippen LogP contribution is -2.30. The first-order chi connectivity index (χ1) is 27.8. The predicted octanol–water partition coefficient (Wildman–Crippen LogP) is 12.6. The molecule has 2 unspecified atom stereocenters. The molecule has 3 heterocycles. The molecule has 264 valence electrons. The standard InChI is InChI=1S/C51H34N4O/c1-4-14-33(15-5-1)37-20-12-21-38(32-37)34-26-28-39(29-27-34)55-43-25-11-10-22-40(43)46-44(55)30-31-45-47(46)41-23-13-24-42(48(41)56-45)51-53-49(35-16-6-2-7-17-35)52-50(54-51)36-18-8-3-9-19-36/h1-32,44,46H. The Hall–Kier alpha value is -7.37. The first-order valence-electron chi connectivity index (χ1n) is 19.0. The lowest BCUT2D eigenvalue weighted by atomic mass is 9.82. The molecular weight excluding hydrogens is 685 g/mol. The molecule has 56 heavy (non-hydrogen) atoms. The number of anilines is 2. The Labute approximate surface area is 324 Å². The summed E-state index contributed by atoms with van der Waals surface area (Å²) in [5.74, 6) is 2.77. The largest absolute Gasteiger partial charge is 0.456 e. The molecule has 0 amide bonds. The highest BCUT2D eigenvalue weighted by Gasteiger charge is 2.43. The van der Waals surface area contributed by atoms with Gasteiger partial charge in [0, 0.05) is 39.4 Å². The third-order valence-corrected chi connectivity index (χ3v) is 11.1. The van der Waals surface area contributed by atoms with Crippen LogP contribution in [0.25, 0.3) is 73.5 Å². The van der Waals surface area contributed by atoms with Crippen LogP contribution in [0.5, 0.6) is 0 Å². The van der Waals surface area contributed by atoms with E-state index in [9.17, 15) is 0 Å². The van der Waals surface area contributed by atoms with Gasteiger partial charge in [-0.3, -0.25) is 0 Å². The lowest BCUT2D eigenvalue weighted by Gasteiger charge is -2.30. The maximum absolute atomic E-state index is 6.83. The molecule has 2 atom stereocenters. The van der Waals surface area contributed by atoms with Crippen LogP contribution in [0.15, 0.2) is 192 Å². The van der Waals surface area contributed by atoms with E-state index in [0.717, 1.165) is 39.1 Å². The van der Waals surface area contributed by atoms with E-state index in [1.54, 1.807) is 0 Å². The molecule has 1 aliphatic carbocycles. The summed E-state index contributed by atoms with van der Waals surface area (Å²) >= 11 is 0. The van der Waals surface area contributed by atoms with Crippen LogP contribution >= 0.6 is 0 Å². The lowest BCUT2D eigenvalue weighted by molar-refractivity contribution is 0.584. The van der Waals surface area contributed by atoms with E-state index in [-0.39, 0.29) is 12.0 Å². The van der Waals surface area contributed by atoms with Gasteiger partial charge < -0.3 is 9.32 Å². The van der Waals surface area contributed by atoms with Crippen LogP contribution in [-0.2, 0) is 0 Å². The number of hydrogen-bond donors (Lipinski definition) is 0. The van der Waals surface area contributed by atoms with Gasteiger partial charge >= 0.3 is 0 Å². The third kappa shape index (κ3) is 5.36. The third-order valence-electron chi connectivity index (χ3n) is 11.1. The molecule has 0 N–H and O–H groups in total. The SMILES string of the molecule is C1=CC2C(c3ccccc3N2c2ccc(-c3cccc(-c4ccccc4)c3)cc2)c2c1oc1c(-c3nc(-c4ccccc4)nc(-c4ccccc4)n3)cccc21. The second kappa shape index (κ2) is 13.2. The van der Waals surface area contributed by atoms with Crippen LogP contribution in [0.4, 0.5) is 11.4 Å². The van der Waals surface area contributed by atoms with E-state index in [0.29, 0.717) is 17.5 Å². The van der Waals surface area contributed by atoms with Gasteiger partial charge in [0.05, 0.1) is 11.6 Å². The zero-order valence-electron chi connectivity index (χ0n) is 30.3. The van der Waals surface area contributed by atoms with Crippen molar-refractivity contribution in [2.24, 2.45) is 0 Å². The number of furan rings is 1. The van der Waals surface area contributed by atoms with E-state index >= 15 is 0 Å². The van der Waals surface area contributed by atoms with Gasteiger partial charge in [0.25, 0.3) is 0 Å². The molecule has 0 fully saturated rings. The Kier molecular flexibility index (Phi) is 7.56. The summed E-state index contributed by atoms with van der Waals surface area (Å²) in [5, 5.41) is 1.07. The number of aromatic nitrogens is 3. The maximum atomic E-state index is 6.83. The highest BCUT2D eigenvalue weighted by Crippen LogP contribution is 2.54. The zero-order chi connectivity index (χ0) is 37.0. The van der Waals surface area contributed by atoms with Gasteiger partial charge in [0.15, 0.2) is 17.5 Å². The van der Waals surface area contributed by atoms with Crippen molar-refractivity contribution in [3.8, 4) is 56.4 Å². The maximum Gasteiger partial charge on any atom is 0.167 e. The first kappa shape index (κ1) is 32.1. The molecule has 2 aliphatic rings. The molecule has 5 heteroatoms. The number of nitrogens with zero attached hydrogens (tertiary/aromatic N) is 4. The van der Waals surface area contributed by atoms with Gasteiger partial charge in [-0.2, -0.15) is 0 Å². The molecule has 0 saturated carbocycles. The minimum absolute atomic E-state index is 0.0723. The second-order valence-corrected chi connectivity index (χ2v) is 14.4. The Bertz CT molecular complexity index is 2860. The average molecular weight is 719 g/mol. The summed E-state index contributed by atoms with van der Waals surface area (Å²) in [7, 11) is 0. The van der Waals surface area contributed by atoms with Gasteiger partial charge in [-0.05, 0) is 64.2 Å². The van der Waals surface area contributed by atoms with Gasteiger partial charge in [0.1, 0.15) is 11.3 Å². The van der Waals surface area contributed by atoms with Gasteiger partial charge in [-0.1, -0.05) is 158 Å². The van der Waals surface area contributed by atoms with Crippen molar-refractivity contribution in [3.05, 3.63) is 205 Å². The number of rotatable bonds is 6. The quantitative estimate of drug-likeness (QED) is 0.171. The van der Waals surface area contributed by atoms with Gasteiger partial charge in [-0.25, -0.2) is 15.0 Å². The summed E-state index contributed by atoms with van der Waals surface area (Å²) in [4.78, 5) is 17.5. The van der Waals surface area contributed by atoms with E-state index in [1.807, 2.05) is 60.7 Å². The van der Waals surface area contributed by atoms with Crippen LogP contribution in [-0.4, -0.2) is 21.0 Å². The summed E-state index contributed by atoms with van der Waals surface area (Å²) < 4.78 is 6.83. The first-order valence-corrected chi connectivity index (χ1v) is 19.0. The Morgan fingerprint density at radius 3 is 1.70 bits per heavy atom. The number of hydrogen-bond acceptors (Lipinski definition) is 5. The number of benzene rings is 7. The van der Waals surface area contributed by atoms with E-state index in [4.69, 9.17) is 19.4 Å². The Morgan fingerprint density at radius 2 is 1.02 bits per heavy atom. The van der Waals surface area contributed by atoms with Crippen LogP contribution in [0.2, 0.25) is 0 Å². The van der Waals surface area contributed by atoms with E-state index in [1.165, 1.54) is 39.1 Å². The molecule has 0 radical (unpaired) electrons. The molecule has 2 aromatic heterocycles. The fraction of sp³-hybridized carbons (Fsp3) is 0.0392. The summed E-state index contributed by atoms with van der Waals surface area (Å²) in [6, 6.07) is 63.7. The molecule has 0 spiro atoms. The molecule has 9 aromatic rings. The van der Waals surface area contributed by atoms with Crippen molar-refractivity contribution in [1.82, 2.24) is 15.0 Å². The second-order valence-electron chi connectivity index (χ2n) is 14.4. The molecule has 0 bridgehead atoms. The van der Waals surface area contributed by atoms with Gasteiger partial charge in [-0.15, -0.1) is 0 Å². The fourth-order valence-corrected chi connectivity index (χ4v) is 8.51. The Morgan fingerprint density at radius 1 is 0.464 bits per heavy atom. The van der Waals surface area contributed by atoms with Crippen molar-refractivity contribution < 1.29 is 4.42 Å². The zero-order valence-corrected chi connectivity index (χ0v) is 30.3. The molecule has 5 nitrogen and oxygen atoms in total. The molecule has 7 aromatic carbocycles. The number of para-hydroxylation sites is 2. The summed E-state index contributed by atoms with van der Waals surface area (Å²) in [5.41, 5.74) is 13.2. The minimum Gasteiger partial charge on any atom is -0.456 e. The summed E-state index contributed by atoms with van der Waals surface area (Å²) in [6.45, 7) is 0. The van der Waals surface area contributed by atoms with Crippen molar-refractivity contribution in [2.45, 2.75) is 12.0 Å². The van der Waals surface area contributed by atoms with E-state index < -0.39 is 0 Å². The Balaban J connectivity index is 0.992. The molecular formula is C51H34N4O. The molecule has 11 rings (SSSR count). The topological polar surface area (TPSA) is 55.1 Å². The monoisotopic (exact) mass is 718 g/mol. The van der Waals surface area contributed by atoms with Crippen LogP contribution in [0.3, 0.4) is 0 Å². The van der Waals surface area contributed by atoms with Crippen LogP contribution in [0, 0.1) is 0 Å². The van der Waals surface area contributed by atoms with Gasteiger partial charge in [0.2, 0.25) is 0 Å². The van der Waals surface area contributed by atoms with Crippen molar-refractivity contribution in [1.29, 1.82) is 0 Å². The predicted molar refractivity (Wildman–Crippen MR) is 226 cm³/mol. The summed E-state index contributed by atoms with van der Waals surface area (Å²) in [6.07, 6.45) is 4.46. The average Bonchev–Trinajstić information content (AvgIpc) is 3.83. The fourth-order valence-electron chi connectivity index (χ4n) is 8.51. The van der Waals surface area contributed by atoms with Crippen molar-refractivity contribution in [3.63, 3.8) is 0 Å². The minimum atomic E-state index is 0.0723. The van der Waals surface area contributed by atoms with Crippen molar-refractivity contribution >= 4 is 28.4 Å². The highest BCUT2D eigenvalue weighted by molar-refractivity contribution is 5.97. The van der Waals surface area contributed by atoms with Crippen LogP contribution in [0.1, 0.15) is 22.8 Å². The van der Waals surface area contributed by atoms with E-state index in [2.05, 4.69) is 138 Å². The molecule has 0 saturated heterocycles. The van der Waals surface area contributed by atoms with Crippen molar-refractivity contribution in [2.75, 3.05) is 4.90 Å². The van der Waals surface area contributed by atoms with Crippen LogP contribution < -0.4 is 4.90 Å². The smallest absolute Gasteiger partial charge is 0.167 e.